The van der Waals surface area contributed by atoms with Crippen LogP contribution in [0.15, 0.2) is 48.5 Å². The van der Waals surface area contributed by atoms with Crippen molar-refractivity contribution in [3.8, 4) is 6.07 Å². The molecule has 4 rings (SSSR count). The van der Waals surface area contributed by atoms with Gasteiger partial charge in [-0.25, -0.2) is 4.79 Å². The number of nitrogens with zero attached hydrogens (tertiary/aromatic N) is 2. The molecule has 2 aliphatic rings. The predicted octanol–water partition coefficient (Wildman–Crippen LogP) is 3.87. The van der Waals surface area contributed by atoms with Gasteiger partial charge in [-0.15, -0.1) is 0 Å². The lowest BCUT2D eigenvalue weighted by Gasteiger charge is -2.28. The fourth-order valence-corrected chi connectivity index (χ4v) is 4.09. The fourth-order valence-electron chi connectivity index (χ4n) is 4.09. The Morgan fingerprint density at radius 2 is 2.04 bits per heavy atom. The van der Waals surface area contributed by atoms with Gasteiger partial charge < -0.3 is 15.5 Å². The van der Waals surface area contributed by atoms with E-state index in [4.69, 9.17) is 0 Å². The van der Waals surface area contributed by atoms with Crippen molar-refractivity contribution >= 4 is 23.3 Å². The Balaban J connectivity index is 1.50. The molecule has 0 saturated carbocycles. The minimum absolute atomic E-state index is 0.0210. The molecule has 0 aliphatic carbocycles. The molecule has 0 bridgehead atoms. The molecule has 2 heterocycles. The quantitative estimate of drug-likeness (QED) is 0.855. The summed E-state index contributed by atoms with van der Waals surface area (Å²) in [6, 6.07) is 17.3. The van der Waals surface area contributed by atoms with Crippen molar-refractivity contribution in [3.63, 3.8) is 0 Å². The van der Waals surface area contributed by atoms with Crippen LogP contribution >= 0.6 is 0 Å². The first kappa shape index (κ1) is 18.1. The lowest BCUT2D eigenvalue weighted by molar-refractivity contribution is -0.116. The number of nitriles is 1. The van der Waals surface area contributed by atoms with Crippen LogP contribution in [0.5, 0.6) is 0 Å². The highest BCUT2D eigenvalue weighted by Crippen LogP contribution is 2.32. The number of aryl methyl sites for hydroxylation is 1. The van der Waals surface area contributed by atoms with Crippen LogP contribution in [0.2, 0.25) is 0 Å². The molecule has 1 saturated heterocycles. The van der Waals surface area contributed by atoms with Crippen LogP contribution in [-0.4, -0.2) is 29.4 Å². The standard InChI is InChI=1S/C22H22N4O2/c23-14-18(15-5-2-1-3-6-15)20-7-4-12-26(20)22(28)24-17-9-10-19-16(13-17)8-11-21(27)25-19/h1-3,5-6,9-10,13,18,20H,4,7-8,11-12H2,(H,24,28)(H,25,27). The Labute approximate surface area is 164 Å². The zero-order valence-corrected chi connectivity index (χ0v) is 15.5. The normalized spacial score (nSPS) is 19.3. The number of amides is 3. The van der Waals surface area contributed by atoms with E-state index in [0.717, 1.165) is 29.7 Å². The Morgan fingerprint density at radius 3 is 2.82 bits per heavy atom. The molecular weight excluding hydrogens is 352 g/mol. The van der Waals surface area contributed by atoms with Gasteiger partial charge in [-0.3, -0.25) is 4.79 Å². The van der Waals surface area contributed by atoms with E-state index >= 15 is 0 Å². The topological polar surface area (TPSA) is 85.2 Å². The number of urea groups is 1. The van der Waals surface area contributed by atoms with Gasteiger partial charge in [0.05, 0.1) is 18.0 Å². The Kier molecular flexibility index (Phi) is 4.98. The lowest BCUT2D eigenvalue weighted by atomic mass is 9.91. The average molecular weight is 374 g/mol. The molecule has 2 unspecified atom stereocenters. The molecule has 2 aliphatic heterocycles. The van der Waals surface area contributed by atoms with Crippen molar-refractivity contribution < 1.29 is 9.59 Å². The van der Waals surface area contributed by atoms with Gasteiger partial charge in [0.2, 0.25) is 5.91 Å². The van der Waals surface area contributed by atoms with Gasteiger partial charge in [0.25, 0.3) is 0 Å². The average Bonchev–Trinajstić information content (AvgIpc) is 3.19. The highest BCUT2D eigenvalue weighted by molar-refractivity contribution is 5.95. The number of hydrogen-bond acceptors (Lipinski definition) is 3. The number of likely N-dealkylation sites (tertiary alicyclic amines) is 1. The molecule has 2 atom stereocenters. The van der Waals surface area contributed by atoms with Crippen LogP contribution in [0.3, 0.4) is 0 Å². The SMILES string of the molecule is N#CC(c1ccccc1)C1CCCN1C(=O)Nc1ccc2c(c1)CCC(=O)N2. The van der Waals surface area contributed by atoms with Crippen LogP contribution in [0.4, 0.5) is 16.2 Å². The maximum atomic E-state index is 12.9. The maximum absolute atomic E-state index is 12.9. The summed E-state index contributed by atoms with van der Waals surface area (Å²) in [7, 11) is 0. The predicted molar refractivity (Wildman–Crippen MR) is 107 cm³/mol. The minimum atomic E-state index is -0.340. The van der Waals surface area contributed by atoms with Gasteiger partial charge in [0, 0.05) is 24.3 Å². The Bertz CT molecular complexity index is 935. The smallest absolute Gasteiger partial charge is 0.322 e. The largest absolute Gasteiger partial charge is 0.326 e. The number of rotatable bonds is 3. The number of fused-ring (bicyclic) bond motifs is 1. The zero-order valence-electron chi connectivity index (χ0n) is 15.5. The van der Waals surface area contributed by atoms with Crippen LogP contribution < -0.4 is 10.6 Å². The first-order chi connectivity index (χ1) is 13.7. The van der Waals surface area contributed by atoms with E-state index in [0.29, 0.717) is 25.1 Å². The highest BCUT2D eigenvalue weighted by atomic mass is 16.2. The summed E-state index contributed by atoms with van der Waals surface area (Å²) >= 11 is 0. The maximum Gasteiger partial charge on any atom is 0.322 e. The summed E-state index contributed by atoms with van der Waals surface area (Å²) < 4.78 is 0. The monoisotopic (exact) mass is 374 g/mol. The molecule has 2 N–H and O–H groups in total. The summed E-state index contributed by atoms with van der Waals surface area (Å²) in [5.74, 6) is -0.319. The van der Waals surface area contributed by atoms with Crippen LogP contribution in [0.1, 0.15) is 36.3 Å². The van der Waals surface area contributed by atoms with Crippen molar-refractivity contribution in [2.75, 3.05) is 17.2 Å². The van der Waals surface area contributed by atoms with Crippen molar-refractivity contribution in [3.05, 3.63) is 59.7 Å². The second-order valence-electron chi connectivity index (χ2n) is 7.27. The number of carbonyl (C=O) groups excluding carboxylic acids is 2. The molecular formula is C22H22N4O2. The summed E-state index contributed by atoms with van der Waals surface area (Å²) in [6.07, 6.45) is 2.83. The minimum Gasteiger partial charge on any atom is -0.326 e. The third-order valence-electron chi connectivity index (χ3n) is 5.49. The van der Waals surface area contributed by atoms with Crippen molar-refractivity contribution in [2.45, 2.75) is 37.6 Å². The second kappa shape index (κ2) is 7.73. The van der Waals surface area contributed by atoms with E-state index in [2.05, 4.69) is 16.7 Å². The van der Waals surface area contributed by atoms with Gasteiger partial charge in [0.15, 0.2) is 0 Å². The number of nitrogens with one attached hydrogen (secondary N) is 2. The summed E-state index contributed by atoms with van der Waals surface area (Å²) in [4.78, 5) is 26.2. The summed E-state index contributed by atoms with van der Waals surface area (Å²) in [6.45, 7) is 0.641. The lowest BCUT2D eigenvalue weighted by Crippen LogP contribution is -2.41. The van der Waals surface area contributed by atoms with Crippen LogP contribution in [0.25, 0.3) is 0 Å². The van der Waals surface area contributed by atoms with E-state index in [1.165, 1.54) is 0 Å². The molecule has 2 aromatic rings. The molecule has 2 aromatic carbocycles. The molecule has 6 heteroatoms. The molecule has 0 radical (unpaired) electrons. The van der Waals surface area contributed by atoms with Gasteiger partial charge in [-0.05, 0) is 48.6 Å². The molecule has 6 nitrogen and oxygen atoms in total. The summed E-state index contributed by atoms with van der Waals surface area (Å²) in [5, 5.41) is 15.6. The second-order valence-corrected chi connectivity index (χ2v) is 7.27. The molecule has 1 fully saturated rings. The molecule has 0 aromatic heterocycles. The number of benzene rings is 2. The number of hydrogen-bond donors (Lipinski definition) is 2. The van der Waals surface area contributed by atoms with Crippen molar-refractivity contribution in [1.82, 2.24) is 4.90 Å². The zero-order chi connectivity index (χ0) is 19.5. The molecule has 142 valence electrons. The van der Waals surface area contributed by atoms with Gasteiger partial charge in [-0.2, -0.15) is 5.26 Å². The van der Waals surface area contributed by atoms with E-state index in [9.17, 15) is 14.9 Å². The first-order valence-electron chi connectivity index (χ1n) is 9.60. The molecule has 3 amide bonds. The van der Waals surface area contributed by atoms with E-state index in [1.807, 2.05) is 42.5 Å². The number of anilines is 2. The molecule has 0 spiro atoms. The van der Waals surface area contributed by atoms with Crippen LogP contribution in [-0.2, 0) is 11.2 Å². The third kappa shape index (κ3) is 3.56. The van der Waals surface area contributed by atoms with Crippen molar-refractivity contribution in [2.24, 2.45) is 0 Å². The van der Waals surface area contributed by atoms with E-state index in [-0.39, 0.29) is 23.9 Å². The molecule has 28 heavy (non-hydrogen) atoms. The first-order valence-corrected chi connectivity index (χ1v) is 9.60. The third-order valence-corrected chi connectivity index (χ3v) is 5.49. The highest BCUT2D eigenvalue weighted by Gasteiger charge is 2.35. The van der Waals surface area contributed by atoms with Gasteiger partial charge in [0.1, 0.15) is 0 Å². The van der Waals surface area contributed by atoms with Gasteiger partial charge in [-0.1, -0.05) is 30.3 Å². The Morgan fingerprint density at radius 1 is 1.21 bits per heavy atom. The van der Waals surface area contributed by atoms with E-state index < -0.39 is 0 Å². The van der Waals surface area contributed by atoms with Crippen molar-refractivity contribution in [1.29, 1.82) is 5.26 Å². The fraction of sp³-hybridized carbons (Fsp3) is 0.318. The Hall–Kier alpha value is -3.33. The van der Waals surface area contributed by atoms with Gasteiger partial charge >= 0.3 is 6.03 Å². The number of carbonyl (C=O) groups is 2. The van der Waals surface area contributed by atoms with E-state index in [1.54, 1.807) is 11.0 Å². The van der Waals surface area contributed by atoms with Crippen LogP contribution in [0, 0.1) is 11.3 Å². The summed E-state index contributed by atoms with van der Waals surface area (Å²) in [5.41, 5.74) is 3.48.